The highest BCUT2D eigenvalue weighted by Crippen LogP contribution is 2.25. The van der Waals surface area contributed by atoms with Crippen molar-refractivity contribution in [1.29, 1.82) is 5.26 Å². The van der Waals surface area contributed by atoms with Crippen LogP contribution in [0.2, 0.25) is 0 Å². The van der Waals surface area contributed by atoms with Gasteiger partial charge >= 0.3 is 0 Å². The van der Waals surface area contributed by atoms with E-state index in [9.17, 15) is 10.1 Å². The van der Waals surface area contributed by atoms with E-state index in [1.807, 2.05) is 0 Å². The Morgan fingerprint density at radius 3 is 2.80 bits per heavy atom. The Morgan fingerprint density at radius 1 is 1.60 bits per heavy atom. The van der Waals surface area contributed by atoms with Crippen LogP contribution in [0, 0.1) is 28.4 Å². The fourth-order valence-corrected chi connectivity index (χ4v) is 1.18. The first-order valence-electron chi connectivity index (χ1n) is 4.17. The second-order valence-corrected chi connectivity index (χ2v) is 2.99. The van der Waals surface area contributed by atoms with Crippen LogP contribution >= 0.6 is 0 Å². The van der Waals surface area contributed by atoms with Gasteiger partial charge in [-0.05, 0) is 18.6 Å². The standard InChI is InChI=1S/C10H9N3O2/c1-7-5-9(13(14)15)6-8(10(7)12)3-2-4-11/h2-3,5-6H,12H2,1H3. The zero-order valence-corrected chi connectivity index (χ0v) is 8.10. The number of hydrogen-bond acceptors (Lipinski definition) is 4. The summed E-state index contributed by atoms with van der Waals surface area (Å²) in [4.78, 5) is 10.1. The molecule has 0 aromatic heterocycles. The lowest BCUT2D eigenvalue weighted by atomic mass is 10.1. The molecule has 1 rings (SSSR count). The largest absolute Gasteiger partial charge is 0.398 e. The van der Waals surface area contributed by atoms with Gasteiger partial charge in [0.05, 0.1) is 11.0 Å². The molecule has 1 aromatic carbocycles. The van der Waals surface area contributed by atoms with Crippen LogP contribution in [0.25, 0.3) is 6.08 Å². The maximum atomic E-state index is 10.6. The van der Waals surface area contributed by atoms with Gasteiger partial charge in [-0.15, -0.1) is 0 Å². The van der Waals surface area contributed by atoms with Crippen LogP contribution in [-0.4, -0.2) is 4.92 Å². The average Bonchev–Trinajstić information content (AvgIpc) is 2.19. The molecule has 5 heteroatoms. The summed E-state index contributed by atoms with van der Waals surface area (Å²) in [6, 6.07) is 4.55. The summed E-state index contributed by atoms with van der Waals surface area (Å²) in [6.45, 7) is 1.69. The van der Waals surface area contributed by atoms with Gasteiger partial charge in [0.15, 0.2) is 0 Å². The van der Waals surface area contributed by atoms with E-state index < -0.39 is 4.92 Å². The third-order valence-electron chi connectivity index (χ3n) is 1.95. The molecule has 15 heavy (non-hydrogen) atoms. The molecule has 0 aliphatic rings. The molecule has 0 spiro atoms. The normalized spacial score (nSPS) is 10.1. The fraction of sp³-hybridized carbons (Fsp3) is 0.100. The van der Waals surface area contributed by atoms with Crippen molar-refractivity contribution in [2.75, 3.05) is 5.73 Å². The number of hydrogen-bond donors (Lipinski definition) is 1. The molecular weight excluding hydrogens is 194 g/mol. The molecule has 0 fully saturated rings. The van der Waals surface area contributed by atoms with E-state index >= 15 is 0 Å². The van der Waals surface area contributed by atoms with Crippen LogP contribution in [0.3, 0.4) is 0 Å². The topological polar surface area (TPSA) is 93.0 Å². The first kappa shape index (κ1) is 10.7. The first-order valence-corrected chi connectivity index (χ1v) is 4.17. The fourth-order valence-electron chi connectivity index (χ4n) is 1.18. The molecule has 1 aromatic rings. The monoisotopic (exact) mass is 203 g/mol. The van der Waals surface area contributed by atoms with Crippen LogP contribution in [0.4, 0.5) is 11.4 Å². The van der Waals surface area contributed by atoms with Gasteiger partial charge in [-0.25, -0.2) is 0 Å². The van der Waals surface area contributed by atoms with Gasteiger partial charge in [0, 0.05) is 29.5 Å². The number of nitrogens with two attached hydrogens (primary N) is 1. The Bertz CT molecular complexity index is 472. The third-order valence-corrected chi connectivity index (χ3v) is 1.95. The van der Waals surface area contributed by atoms with Crippen molar-refractivity contribution < 1.29 is 4.92 Å². The Morgan fingerprint density at radius 2 is 2.27 bits per heavy atom. The van der Waals surface area contributed by atoms with Crippen molar-refractivity contribution in [3.05, 3.63) is 39.4 Å². The number of anilines is 1. The smallest absolute Gasteiger partial charge is 0.270 e. The number of non-ortho nitro benzene ring substituents is 1. The summed E-state index contributed by atoms with van der Waals surface area (Å²) in [7, 11) is 0. The van der Waals surface area contributed by atoms with E-state index in [0.29, 0.717) is 16.8 Å². The molecule has 0 aliphatic heterocycles. The minimum atomic E-state index is -0.490. The second-order valence-electron chi connectivity index (χ2n) is 2.99. The lowest BCUT2D eigenvalue weighted by Gasteiger charge is -2.03. The summed E-state index contributed by atoms with van der Waals surface area (Å²) in [5.74, 6) is 0. The van der Waals surface area contributed by atoms with Gasteiger partial charge in [0.2, 0.25) is 0 Å². The molecular formula is C10H9N3O2. The van der Waals surface area contributed by atoms with E-state index in [4.69, 9.17) is 11.0 Å². The van der Waals surface area contributed by atoms with Gasteiger partial charge in [0.25, 0.3) is 5.69 Å². The number of allylic oxidation sites excluding steroid dienone is 1. The number of nitro groups is 1. The van der Waals surface area contributed by atoms with Crippen LogP contribution in [0.15, 0.2) is 18.2 Å². The zero-order chi connectivity index (χ0) is 11.4. The molecule has 0 saturated heterocycles. The van der Waals surface area contributed by atoms with Gasteiger partial charge in [0.1, 0.15) is 0 Å². The van der Waals surface area contributed by atoms with E-state index in [-0.39, 0.29) is 5.69 Å². The number of nitro benzene ring substituents is 1. The SMILES string of the molecule is Cc1cc([N+](=O)[O-])cc(C=CC#N)c1N. The average molecular weight is 203 g/mol. The second kappa shape index (κ2) is 4.24. The van der Waals surface area contributed by atoms with Gasteiger partial charge in [-0.3, -0.25) is 10.1 Å². The maximum absolute atomic E-state index is 10.6. The Balaban J connectivity index is 3.32. The summed E-state index contributed by atoms with van der Waals surface area (Å²) in [6.07, 6.45) is 2.68. The summed E-state index contributed by atoms with van der Waals surface area (Å²) >= 11 is 0. The van der Waals surface area contributed by atoms with Crippen molar-refractivity contribution >= 4 is 17.5 Å². The number of nitriles is 1. The van der Waals surface area contributed by atoms with E-state index in [1.54, 1.807) is 13.0 Å². The molecule has 0 saturated carbocycles. The van der Waals surface area contributed by atoms with Crippen LogP contribution in [-0.2, 0) is 0 Å². The van der Waals surface area contributed by atoms with E-state index in [0.717, 1.165) is 0 Å². The third kappa shape index (κ3) is 2.31. The molecule has 0 amide bonds. The number of rotatable bonds is 2. The van der Waals surface area contributed by atoms with Gasteiger partial charge in [-0.1, -0.05) is 0 Å². The van der Waals surface area contributed by atoms with Crippen LogP contribution in [0.1, 0.15) is 11.1 Å². The Kier molecular flexibility index (Phi) is 3.03. The van der Waals surface area contributed by atoms with Crippen LogP contribution in [0.5, 0.6) is 0 Å². The van der Waals surface area contributed by atoms with Crippen molar-refractivity contribution in [2.24, 2.45) is 0 Å². The number of aryl methyl sites for hydroxylation is 1. The van der Waals surface area contributed by atoms with E-state index in [1.165, 1.54) is 24.3 Å². The molecule has 76 valence electrons. The van der Waals surface area contributed by atoms with Crippen molar-refractivity contribution in [1.82, 2.24) is 0 Å². The van der Waals surface area contributed by atoms with Crippen molar-refractivity contribution in [2.45, 2.75) is 6.92 Å². The number of nitrogen functional groups attached to an aromatic ring is 1. The highest BCUT2D eigenvalue weighted by atomic mass is 16.6. The predicted octanol–water partition coefficient (Wildman–Crippen LogP) is 2.02. The zero-order valence-electron chi connectivity index (χ0n) is 8.10. The highest BCUT2D eigenvalue weighted by Gasteiger charge is 2.10. The number of benzene rings is 1. The summed E-state index contributed by atoms with van der Waals surface area (Å²) in [5, 5.41) is 18.9. The minimum Gasteiger partial charge on any atom is -0.398 e. The molecule has 0 heterocycles. The first-order chi connectivity index (χ1) is 7.06. The quantitative estimate of drug-likeness (QED) is 0.344. The van der Waals surface area contributed by atoms with E-state index in [2.05, 4.69) is 0 Å². The van der Waals surface area contributed by atoms with Crippen molar-refractivity contribution in [3.63, 3.8) is 0 Å². The summed E-state index contributed by atoms with van der Waals surface area (Å²) in [5.41, 5.74) is 7.25. The van der Waals surface area contributed by atoms with Gasteiger partial charge < -0.3 is 5.73 Å². The molecule has 0 aliphatic carbocycles. The molecule has 5 nitrogen and oxygen atoms in total. The minimum absolute atomic E-state index is 0.0284. The van der Waals surface area contributed by atoms with Crippen molar-refractivity contribution in [3.8, 4) is 6.07 Å². The Labute approximate surface area is 86.6 Å². The molecule has 0 bridgehead atoms. The lowest BCUT2D eigenvalue weighted by molar-refractivity contribution is -0.384. The summed E-state index contributed by atoms with van der Waals surface area (Å²) < 4.78 is 0. The Hall–Kier alpha value is -2.35. The van der Waals surface area contributed by atoms with Gasteiger partial charge in [-0.2, -0.15) is 5.26 Å². The maximum Gasteiger partial charge on any atom is 0.270 e. The number of nitrogens with zero attached hydrogens (tertiary/aromatic N) is 2. The molecule has 0 radical (unpaired) electrons. The molecule has 2 N–H and O–H groups in total. The lowest BCUT2D eigenvalue weighted by Crippen LogP contribution is -1.96. The predicted molar refractivity (Wildman–Crippen MR) is 56.9 cm³/mol. The van der Waals surface area contributed by atoms with Crippen LogP contribution < -0.4 is 5.73 Å². The molecule has 0 atom stereocenters. The highest BCUT2D eigenvalue weighted by molar-refractivity contribution is 5.71. The molecule has 0 unspecified atom stereocenters.